The minimum atomic E-state index is -4.66. The third-order valence-corrected chi connectivity index (χ3v) is 4.82. The maximum absolute atomic E-state index is 13.0. The van der Waals surface area contributed by atoms with E-state index in [4.69, 9.17) is 4.74 Å². The number of fused-ring (bicyclic) bond motifs is 1. The van der Waals surface area contributed by atoms with Crippen molar-refractivity contribution in [1.82, 2.24) is 30.0 Å². The molecule has 1 unspecified atom stereocenters. The fourth-order valence-electron chi connectivity index (χ4n) is 3.27. The van der Waals surface area contributed by atoms with Gasteiger partial charge in [0.2, 0.25) is 5.88 Å². The molecule has 1 atom stereocenters. The molecule has 0 saturated carbocycles. The van der Waals surface area contributed by atoms with Gasteiger partial charge in [0.15, 0.2) is 5.65 Å². The van der Waals surface area contributed by atoms with Gasteiger partial charge in [-0.25, -0.2) is 4.79 Å². The topological polar surface area (TPSA) is 84.7 Å². The number of likely N-dealkylation sites (tertiary alicyclic amines) is 1. The lowest BCUT2D eigenvalue weighted by Crippen LogP contribution is -2.38. The summed E-state index contributed by atoms with van der Waals surface area (Å²) >= 11 is 0. The lowest BCUT2D eigenvalue weighted by atomic mass is 10.1. The van der Waals surface area contributed by atoms with Crippen molar-refractivity contribution in [3.63, 3.8) is 0 Å². The first-order valence-electron chi connectivity index (χ1n) is 9.39. The van der Waals surface area contributed by atoms with E-state index in [1.807, 2.05) is 30.3 Å². The smallest absolute Gasteiger partial charge is 0.453 e. The van der Waals surface area contributed by atoms with Gasteiger partial charge in [0.05, 0.1) is 6.61 Å². The summed E-state index contributed by atoms with van der Waals surface area (Å²) in [6.07, 6.45) is -3.93. The number of rotatable bonds is 5. The number of alkyl halides is 3. The Morgan fingerprint density at radius 2 is 1.97 bits per heavy atom. The molecule has 4 rings (SSSR count). The maximum atomic E-state index is 13.0. The molecule has 2 aromatic heterocycles. The number of carbonyl (C=O) groups excluding carboxylic acids is 1. The van der Waals surface area contributed by atoms with Crippen molar-refractivity contribution in [1.29, 1.82) is 0 Å². The molecule has 3 aromatic rings. The number of ether oxygens (including phenoxy) is 1. The van der Waals surface area contributed by atoms with Crippen LogP contribution in [0.25, 0.3) is 5.65 Å². The van der Waals surface area contributed by atoms with Crippen molar-refractivity contribution in [2.45, 2.75) is 19.1 Å². The molecule has 1 fully saturated rings. The highest BCUT2D eigenvalue weighted by Crippen LogP contribution is 2.28. The average Bonchev–Trinajstić information content (AvgIpc) is 3.38. The Labute approximate surface area is 169 Å². The zero-order valence-corrected chi connectivity index (χ0v) is 15.8. The first-order chi connectivity index (χ1) is 14.4. The van der Waals surface area contributed by atoms with Crippen LogP contribution in [0.4, 0.5) is 18.0 Å². The van der Waals surface area contributed by atoms with E-state index < -0.39 is 12.0 Å². The van der Waals surface area contributed by atoms with Crippen LogP contribution >= 0.6 is 0 Å². The van der Waals surface area contributed by atoms with Crippen molar-refractivity contribution in [3.8, 4) is 5.88 Å². The molecule has 0 bridgehead atoms. The van der Waals surface area contributed by atoms with Gasteiger partial charge in [0, 0.05) is 31.6 Å². The van der Waals surface area contributed by atoms with Gasteiger partial charge >= 0.3 is 12.2 Å². The molecule has 1 aliphatic heterocycles. The van der Waals surface area contributed by atoms with Crippen molar-refractivity contribution < 1.29 is 22.7 Å². The largest absolute Gasteiger partial charge is 0.476 e. The third kappa shape index (κ3) is 4.44. The SMILES string of the molecule is O=C(NCc1ccccc1)N1CCC(COc2ccc3nnc(C(F)(F)F)n3n2)C1. The highest BCUT2D eigenvalue weighted by molar-refractivity contribution is 5.74. The van der Waals surface area contributed by atoms with Gasteiger partial charge in [-0.3, -0.25) is 0 Å². The zero-order valence-electron chi connectivity index (χ0n) is 15.8. The van der Waals surface area contributed by atoms with E-state index in [-0.39, 0.29) is 30.1 Å². The summed E-state index contributed by atoms with van der Waals surface area (Å²) in [5.41, 5.74) is 0.996. The summed E-state index contributed by atoms with van der Waals surface area (Å²) in [6, 6.07) is 12.3. The molecule has 30 heavy (non-hydrogen) atoms. The summed E-state index contributed by atoms with van der Waals surface area (Å²) in [5.74, 6) is -1.10. The lowest BCUT2D eigenvalue weighted by Gasteiger charge is -2.17. The van der Waals surface area contributed by atoms with Crippen LogP contribution in [0.1, 0.15) is 17.8 Å². The second kappa shape index (κ2) is 8.17. The number of urea groups is 1. The van der Waals surface area contributed by atoms with Crippen LogP contribution in [0.5, 0.6) is 5.88 Å². The fourth-order valence-corrected chi connectivity index (χ4v) is 3.27. The minimum Gasteiger partial charge on any atom is -0.476 e. The Morgan fingerprint density at radius 3 is 2.73 bits per heavy atom. The van der Waals surface area contributed by atoms with Gasteiger partial charge in [-0.15, -0.1) is 15.3 Å². The van der Waals surface area contributed by atoms with E-state index in [0.717, 1.165) is 12.0 Å². The summed E-state index contributed by atoms with van der Waals surface area (Å²) in [4.78, 5) is 14.0. The zero-order chi connectivity index (χ0) is 21.1. The third-order valence-electron chi connectivity index (χ3n) is 4.82. The number of hydrogen-bond acceptors (Lipinski definition) is 5. The maximum Gasteiger partial charge on any atom is 0.453 e. The molecular formula is C19H19F3N6O2. The quantitative estimate of drug-likeness (QED) is 0.686. The van der Waals surface area contributed by atoms with Gasteiger partial charge in [0.1, 0.15) is 0 Å². The average molecular weight is 420 g/mol. The molecule has 11 heteroatoms. The second-order valence-electron chi connectivity index (χ2n) is 7.02. The molecular weight excluding hydrogens is 401 g/mol. The molecule has 158 valence electrons. The van der Waals surface area contributed by atoms with Gasteiger partial charge in [-0.05, 0) is 18.1 Å². The van der Waals surface area contributed by atoms with Crippen LogP contribution in [0.2, 0.25) is 0 Å². The van der Waals surface area contributed by atoms with Crippen molar-refractivity contribution >= 4 is 11.7 Å². The molecule has 8 nitrogen and oxygen atoms in total. The predicted molar refractivity (Wildman–Crippen MR) is 99.6 cm³/mol. The summed E-state index contributed by atoms with van der Waals surface area (Å²) in [6.45, 7) is 1.78. The van der Waals surface area contributed by atoms with Gasteiger partial charge in [-0.1, -0.05) is 30.3 Å². The van der Waals surface area contributed by atoms with Crippen molar-refractivity contribution in [2.75, 3.05) is 19.7 Å². The van der Waals surface area contributed by atoms with Crippen LogP contribution in [-0.4, -0.2) is 50.4 Å². The normalized spacial score (nSPS) is 16.8. The van der Waals surface area contributed by atoms with E-state index in [2.05, 4.69) is 20.6 Å². The molecule has 1 N–H and O–H groups in total. The fraction of sp³-hybridized carbons (Fsp3) is 0.368. The van der Waals surface area contributed by atoms with Gasteiger partial charge in [0.25, 0.3) is 5.82 Å². The van der Waals surface area contributed by atoms with Crippen LogP contribution in [0.15, 0.2) is 42.5 Å². The van der Waals surface area contributed by atoms with Crippen LogP contribution < -0.4 is 10.1 Å². The van der Waals surface area contributed by atoms with Crippen molar-refractivity contribution in [2.24, 2.45) is 5.92 Å². The molecule has 1 saturated heterocycles. The van der Waals surface area contributed by atoms with E-state index in [0.29, 0.717) is 24.1 Å². The number of carbonyl (C=O) groups is 1. The Kier molecular flexibility index (Phi) is 5.42. The lowest BCUT2D eigenvalue weighted by molar-refractivity contribution is -0.146. The number of benzene rings is 1. The number of nitrogens with one attached hydrogen (secondary N) is 1. The van der Waals surface area contributed by atoms with E-state index in [9.17, 15) is 18.0 Å². The Balaban J connectivity index is 1.30. The van der Waals surface area contributed by atoms with Crippen molar-refractivity contribution in [3.05, 3.63) is 53.9 Å². The van der Waals surface area contributed by atoms with E-state index in [1.165, 1.54) is 12.1 Å². The molecule has 0 aliphatic carbocycles. The predicted octanol–water partition coefficient (Wildman–Crippen LogP) is 2.75. The van der Waals surface area contributed by atoms with Gasteiger partial charge in [-0.2, -0.15) is 17.7 Å². The number of amides is 2. The molecule has 1 aliphatic rings. The summed E-state index contributed by atoms with van der Waals surface area (Å²) < 4.78 is 45.1. The molecule has 3 heterocycles. The Hall–Kier alpha value is -3.37. The first kappa shape index (κ1) is 19.9. The number of hydrogen-bond donors (Lipinski definition) is 1. The summed E-state index contributed by atoms with van der Waals surface area (Å²) in [5, 5.41) is 13.3. The molecule has 0 spiro atoms. The van der Waals surface area contributed by atoms with Gasteiger partial charge < -0.3 is 15.0 Å². The van der Waals surface area contributed by atoms with Crippen LogP contribution in [-0.2, 0) is 12.7 Å². The highest BCUT2D eigenvalue weighted by atomic mass is 19.4. The molecule has 0 radical (unpaired) electrons. The second-order valence-corrected chi connectivity index (χ2v) is 7.02. The Morgan fingerprint density at radius 1 is 1.17 bits per heavy atom. The molecule has 1 aromatic carbocycles. The first-order valence-corrected chi connectivity index (χ1v) is 9.39. The molecule has 2 amide bonds. The summed E-state index contributed by atoms with van der Waals surface area (Å²) in [7, 11) is 0. The standard InChI is InChI=1S/C19H19F3N6O2/c20-19(21,22)17-25-24-15-6-7-16(26-28(15)17)30-12-14-8-9-27(11-14)18(29)23-10-13-4-2-1-3-5-13/h1-7,14H,8-12H2,(H,23,29). The number of nitrogens with zero attached hydrogens (tertiary/aromatic N) is 5. The monoisotopic (exact) mass is 420 g/mol. The van der Waals surface area contributed by atoms with E-state index in [1.54, 1.807) is 4.90 Å². The van der Waals surface area contributed by atoms with Crippen LogP contribution in [0.3, 0.4) is 0 Å². The minimum absolute atomic E-state index is 0.0168. The Bertz CT molecular complexity index is 1020. The van der Waals surface area contributed by atoms with E-state index >= 15 is 0 Å². The van der Waals surface area contributed by atoms with Crippen LogP contribution in [0, 0.1) is 5.92 Å². The highest BCUT2D eigenvalue weighted by Gasteiger charge is 2.37. The number of halogens is 3. The number of aromatic nitrogens is 4.